The van der Waals surface area contributed by atoms with Gasteiger partial charge in [0.1, 0.15) is 0 Å². The zero-order chi connectivity index (χ0) is 26.7. The highest BCUT2D eigenvalue weighted by molar-refractivity contribution is 6.43. The van der Waals surface area contributed by atoms with Crippen LogP contribution in [0.25, 0.3) is 11.3 Å². The minimum Gasteiger partial charge on any atom is -0.256 e. The summed E-state index contributed by atoms with van der Waals surface area (Å²) in [6.07, 6.45) is 1.72. The third-order valence-electron chi connectivity index (χ3n) is 7.50. The van der Waals surface area contributed by atoms with Gasteiger partial charge in [0.05, 0.1) is 52.8 Å². The molecule has 0 aliphatic rings. The molecule has 1 nitrogen and oxygen atoms in total. The zero-order valence-electron chi connectivity index (χ0n) is 22.8. The molecule has 12 radical (unpaired) electrons. The molecule has 1 heterocycles. The van der Waals surface area contributed by atoms with E-state index >= 15 is 0 Å². The van der Waals surface area contributed by atoms with E-state index in [2.05, 4.69) is 0 Å². The van der Waals surface area contributed by atoms with E-state index in [0.29, 0.717) is 11.1 Å². The molecule has 1 aromatic carbocycles. The molecule has 2 aromatic rings. The van der Waals surface area contributed by atoms with Gasteiger partial charge in [-0.05, 0) is 40.4 Å². The van der Waals surface area contributed by atoms with Crippen LogP contribution >= 0.6 is 0 Å². The van der Waals surface area contributed by atoms with Gasteiger partial charge in [-0.3, -0.25) is 4.98 Å². The van der Waals surface area contributed by atoms with E-state index in [0.717, 1.165) is 22.4 Å². The summed E-state index contributed by atoms with van der Waals surface area (Å²) in [6.45, 7) is 20.0. The molecule has 0 N–H and O–H groups in total. The second-order valence-corrected chi connectivity index (χ2v) is 13.0. The molecule has 0 atom stereocenters. The molecule has 0 fully saturated rings. The van der Waals surface area contributed by atoms with Gasteiger partial charge in [0.2, 0.25) is 0 Å². The van der Waals surface area contributed by atoms with Crippen molar-refractivity contribution in [3.63, 3.8) is 0 Å². The van der Waals surface area contributed by atoms with Crippen LogP contribution < -0.4 is 0 Å². The topological polar surface area (TPSA) is 12.9 Å². The molecule has 0 aliphatic heterocycles. The van der Waals surface area contributed by atoms with Crippen LogP contribution in [-0.4, -0.2) is 52.1 Å². The Balaban J connectivity index is 2.78. The van der Waals surface area contributed by atoms with Crippen LogP contribution in [0.1, 0.15) is 84.6 Å². The highest BCUT2D eigenvalue weighted by Crippen LogP contribution is 2.45. The van der Waals surface area contributed by atoms with E-state index in [9.17, 15) is 0 Å². The van der Waals surface area contributed by atoms with Gasteiger partial charge < -0.3 is 0 Å². The quantitative estimate of drug-likeness (QED) is 0.633. The average Bonchev–Trinajstić information content (AvgIpc) is 2.64. The number of aryl methyl sites for hydroxylation is 1. The van der Waals surface area contributed by atoms with Gasteiger partial charge >= 0.3 is 0 Å². The molecule has 7 heteroatoms. The van der Waals surface area contributed by atoms with E-state index in [4.69, 9.17) is 52.1 Å². The van der Waals surface area contributed by atoms with Crippen molar-refractivity contribution in [2.45, 2.75) is 84.9 Å². The van der Waals surface area contributed by atoms with Gasteiger partial charge in [0.25, 0.3) is 0 Å². The first-order valence-electron chi connectivity index (χ1n) is 11.8. The summed E-state index contributed by atoms with van der Waals surface area (Å²) in [7, 11) is 39.9. The highest BCUT2D eigenvalue weighted by atomic mass is 14.7. The molecule has 0 bridgehead atoms. The summed E-state index contributed by atoms with van der Waals surface area (Å²) < 4.78 is 0. The predicted octanol–water partition coefficient (Wildman–Crippen LogP) is 4.66. The molecule has 0 aliphatic carbocycles. The number of nitrogens with zero attached hydrogens (tertiary/aromatic N) is 1. The van der Waals surface area contributed by atoms with E-state index in [1.165, 1.54) is 0 Å². The van der Waals surface area contributed by atoms with Crippen molar-refractivity contribution >= 4 is 47.1 Å². The minimum absolute atomic E-state index is 0.321. The molecular formula is C27H35B6N. The zero-order valence-corrected chi connectivity index (χ0v) is 22.8. The van der Waals surface area contributed by atoms with Crippen LogP contribution in [0.3, 0.4) is 0 Å². The molecule has 34 heavy (non-hydrogen) atoms. The monoisotopic (exact) mass is 439 g/mol. The maximum atomic E-state index is 6.78. The Morgan fingerprint density at radius 2 is 1.03 bits per heavy atom. The number of hydrogen-bond donors (Lipinski definition) is 0. The first-order valence-corrected chi connectivity index (χ1v) is 11.8. The molecule has 0 unspecified atom stereocenters. The first kappa shape index (κ1) is 29.0. The molecule has 2 rings (SSSR count). The standard InChI is InChI=1S/C27H35B6N/c1-16-13-17(25(28,29)22(2,3)4)11-12-18(16)21-14-19(26(30,31)23(5,6)7)20(15-34-21)27(32,33)24(8,9)10/h11-15H,1-10H3. The van der Waals surface area contributed by atoms with Crippen LogP contribution in [0.5, 0.6) is 0 Å². The van der Waals surface area contributed by atoms with Crippen molar-refractivity contribution in [1.29, 1.82) is 0 Å². The minimum atomic E-state index is -1.21. The highest BCUT2D eigenvalue weighted by Gasteiger charge is 2.41. The molecule has 1 aromatic heterocycles. The Kier molecular flexibility index (Phi) is 7.42. The molecule has 0 spiro atoms. The van der Waals surface area contributed by atoms with Crippen molar-refractivity contribution in [2.24, 2.45) is 16.2 Å². The Bertz CT molecular complexity index is 1050. The normalized spacial score (nSPS) is 14.3. The summed E-state index contributed by atoms with van der Waals surface area (Å²) in [5.74, 6) is 0. The molecule has 166 valence electrons. The van der Waals surface area contributed by atoms with E-state index in [1.807, 2.05) is 93.5 Å². The van der Waals surface area contributed by atoms with Crippen LogP contribution in [0.2, 0.25) is 0 Å². The van der Waals surface area contributed by atoms with Gasteiger partial charge in [-0.2, -0.15) is 0 Å². The fraction of sp³-hybridized carbons (Fsp3) is 0.593. The Morgan fingerprint density at radius 3 is 1.44 bits per heavy atom. The van der Waals surface area contributed by atoms with Crippen LogP contribution in [-0.2, 0) is 15.6 Å². The second kappa shape index (κ2) is 8.70. The molecule has 0 saturated carbocycles. The second-order valence-electron chi connectivity index (χ2n) is 13.0. The lowest BCUT2D eigenvalue weighted by atomic mass is 9.35. The third-order valence-corrected chi connectivity index (χ3v) is 7.50. The summed E-state index contributed by atoms with van der Waals surface area (Å²) in [5, 5.41) is -3.40. The van der Waals surface area contributed by atoms with Crippen molar-refractivity contribution in [3.8, 4) is 11.3 Å². The first-order chi connectivity index (χ1) is 15.0. The van der Waals surface area contributed by atoms with E-state index < -0.39 is 26.5 Å². The van der Waals surface area contributed by atoms with Gasteiger partial charge in [-0.25, -0.2) is 0 Å². The molecule has 0 amide bonds. The smallest absolute Gasteiger partial charge is 0.0707 e. The summed E-state index contributed by atoms with van der Waals surface area (Å²) >= 11 is 0. The Hall–Kier alpha value is -1.24. The maximum Gasteiger partial charge on any atom is 0.0707 e. The van der Waals surface area contributed by atoms with Crippen LogP contribution in [0.4, 0.5) is 0 Å². The Labute approximate surface area is 216 Å². The molecule has 0 saturated heterocycles. The van der Waals surface area contributed by atoms with Crippen LogP contribution in [0.15, 0.2) is 30.5 Å². The van der Waals surface area contributed by atoms with E-state index in [-0.39, 0.29) is 5.41 Å². The number of rotatable bonds is 4. The summed E-state index contributed by atoms with van der Waals surface area (Å²) in [6, 6.07) is 7.88. The SMILES string of the molecule is [B]C([B])(c1ccc(-c2cc(C([B])([B])C(C)(C)C)c(C([B])([B])C(C)(C)C)cn2)c(C)c1)C(C)(C)C. The van der Waals surface area contributed by atoms with Gasteiger partial charge in [0.15, 0.2) is 0 Å². The predicted molar refractivity (Wildman–Crippen MR) is 152 cm³/mol. The largest absolute Gasteiger partial charge is 0.256 e. The molecular weight excluding hydrogens is 403 g/mol. The Morgan fingerprint density at radius 1 is 0.588 bits per heavy atom. The van der Waals surface area contributed by atoms with Crippen molar-refractivity contribution in [3.05, 3.63) is 52.7 Å². The average molecular weight is 438 g/mol. The lowest BCUT2D eigenvalue weighted by Crippen LogP contribution is -2.47. The van der Waals surface area contributed by atoms with Gasteiger partial charge in [-0.15, -0.1) is 0 Å². The summed E-state index contributed by atoms with van der Waals surface area (Å²) in [4.78, 5) is 4.75. The lowest BCUT2D eigenvalue weighted by molar-refractivity contribution is 0.335. The van der Waals surface area contributed by atoms with E-state index in [1.54, 1.807) is 6.20 Å². The summed E-state index contributed by atoms with van der Waals surface area (Å²) in [5.41, 5.74) is 3.56. The van der Waals surface area contributed by atoms with Crippen molar-refractivity contribution in [1.82, 2.24) is 4.98 Å². The van der Waals surface area contributed by atoms with Gasteiger partial charge in [-0.1, -0.05) is 107 Å². The fourth-order valence-electron chi connectivity index (χ4n) is 3.72. The third kappa shape index (κ3) is 5.01. The number of hydrogen-bond acceptors (Lipinski definition) is 1. The lowest BCUT2D eigenvalue weighted by Gasteiger charge is -2.48. The van der Waals surface area contributed by atoms with Crippen molar-refractivity contribution in [2.75, 3.05) is 0 Å². The maximum absolute atomic E-state index is 6.78. The van der Waals surface area contributed by atoms with Crippen LogP contribution in [0, 0.1) is 23.2 Å². The number of aromatic nitrogens is 1. The fourth-order valence-corrected chi connectivity index (χ4v) is 3.72. The van der Waals surface area contributed by atoms with Crippen molar-refractivity contribution < 1.29 is 0 Å². The number of benzene rings is 1. The van der Waals surface area contributed by atoms with Gasteiger partial charge in [0, 0.05) is 11.8 Å². The number of pyridine rings is 1.